The Hall–Kier alpha value is -3.22. The lowest BCUT2D eigenvalue weighted by Crippen LogP contribution is -2.16. The summed E-state index contributed by atoms with van der Waals surface area (Å²) in [6.07, 6.45) is -4.72. The third kappa shape index (κ3) is 3.85. The van der Waals surface area contributed by atoms with Gasteiger partial charge in [0.05, 0.1) is 28.3 Å². The van der Waals surface area contributed by atoms with E-state index in [1.165, 1.54) is 20.1 Å². The highest BCUT2D eigenvalue weighted by Gasteiger charge is 2.36. The molecule has 0 aliphatic heterocycles. The first-order chi connectivity index (χ1) is 13.5. The second-order valence-corrected chi connectivity index (χ2v) is 6.57. The first-order valence-electron chi connectivity index (χ1n) is 7.79. The molecular weight excluding hydrogens is 463 g/mol. The minimum absolute atomic E-state index is 0.00242. The van der Waals surface area contributed by atoms with Crippen molar-refractivity contribution >= 4 is 38.9 Å². The lowest BCUT2D eigenvalue weighted by Gasteiger charge is -2.09. The van der Waals surface area contributed by atoms with Gasteiger partial charge in [-0.3, -0.25) is 14.9 Å². The summed E-state index contributed by atoms with van der Waals surface area (Å²) in [4.78, 5) is 26.8. The van der Waals surface area contributed by atoms with Crippen molar-refractivity contribution in [1.29, 1.82) is 0 Å². The molecule has 1 amide bonds. The topological polar surface area (TPSA) is 112 Å². The van der Waals surface area contributed by atoms with Crippen molar-refractivity contribution in [2.75, 3.05) is 12.4 Å². The normalized spacial score (nSPS) is 11.5. The number of nitro benzene ring substituents is 1. The van der Waals surface area contributed by atoms with E-state index in [1.807, 2.05) is 0 Å². The maximum atomic E-state index is 13.3. The molecule has 0 fully saturated rings. The molecule has 3 rings (SSSR count). The number of nitrogens with one attached hydrogen (secondary N) is 1. The SMILES string of the molecule is COc1cc([N+](=O)[O-])ccc1NC(=O)c1nn2c(C(F)(F)F)cc(C)nc2c1Br. The minimum Gasteiger partial charge on any atom is -0.494 e. The van der Waals surface area contributed by atoms with Gasteiger partial charge in [0, 0.05) is 11.8 Å². The van der Waals surface area contributed by atoms with Gasteiger partial charge < -0.3 is 10.1 Å². The van der Waals surface area contributed by atoms with E-state index in [-0.39, 0.29) is 38.6 Å². The highest BCUT2D eigenvalue weighted by Crippen LogP contribution is 2.33. The molecule has 0 atom stereocenters. The molecule has 1 N–H and O–H groups in total. The van der Waals surface area contributed by atoms with Gasteiger partial charge in [-0.05, 0) is 35.0 Å². The van der Waals surface area contributed by atoms with Crippen LogP contribution in [0.15, 0.2) is 28.7 Å². The van der Waals surface area contributed by atoms with Crippen LogP contribution in [-0.4, -0.2) is 32.5 Å². The minimum atomic E-state index is -4.72. The number of carbonyl (C=O) groups excluding carboxylic acids is 1. The van der Waals surface area contributed by atoms with Crippen molar-refractivity contribution in [3.63, 3.8) is 0 Å². The van der Waals surface area contributed by atoms with E-state index in [0.717, 1.165) is 18.2 Å². The fourth-order valence-electron chi connectivity index (χ4n) is 2.54. The van der Waals surface area contributed by atoms with Gasteiger partial charge in [0.1, 0.15) is 11.4 Å². The molecule has 0 aliphatic carbocycles. The molecule has 0 bridgehead atoms. The Morgan fingerprint density at radius 2 is 2.03 bits per heavy atom. The molecule has 2 aromatic heterocycles. The van der Waals surface area contributed by atoms with Crippen LogP contribution in [0.4, 0.5) is 24.5 Å². The zero-order valence-corrected chi connectivity index (χ0v) is 16.3. The number of nitrogens with zero attached hydrogens (tertiary/aromatic N) is 4. The van der Waals surface area contributed by atoms with E-state index in [1.54, 1.807) is 0 Å². The zero-order valence-electron chi connectivity index (χ0n) is 14.7. The summed E-state index contributed by atoms with van der Waals surface area (Å²) in [6, 6.07) is 4.29. The molecule has 0 unspecified atom stereocenters. The van der Waals surface area contributed by atoms with Crippen molar-refractivity contribution in [2.45, 2.75) is 13.1 Å². The predicted octanol–water partition coefficient (Wildman–Crippen LogP) is 3.99. The number of methoxy groups -OCH3 is 1. The monoisotopic (exact) mass is 473 g/mol. The molecule has 9 nitrogen and oxygen atoms in total. The van der Waals surface area contributed by atoms with Gasteiger partial charge in [-0.2, -0.15) is 18.3 Å². The van der Waals surface area contributed by atoms with Crippen LogP contribution in [0.1, 0.15) is 21.9 Å². The van der Waals surface area contributed by atoms with E-state index in [2.05, 4.69) is 31.3 Å². The maximum Gasteiger partial charge on any atom is 0.433 e. The molecule has 0 saturated carbocycles. The maximum absolute atomic E-state index is 13.3. The van der Waals surface area contributed by atoms with Crippen LogP contribution in [0, 0.1) is 17.0 Å². The Bertz CT molecular complexity index is 1150. The second-order valence-electron chi connectivity index (χ2n) is 5.77. The number of halogens is 4. The molecule has 29 heavy (non-hydrogen) atoms. The standard InChI is InChI=1S/C16H11BrF3N5O4/c1-7-5-11(16(18,19)20)24-14(21-7)12(17)13(23-24)15(26)22-9-4-3-8(25(27)28)6-10(9)29-2/h3-6H,1-2H3,(H,22,26). The summed E-state index contributed by atoms with van der Waals surface area (Å²) < 4.78 is 45.5. The molecule has 3 aromatic rings. The summed E-state index contributed by atoms with van der Waals surface area (Å²) in [7, 11) is 1.25. The van der Waals surface area contributed by atoms with Crippen molar-refractivity contribution in [3.8, 4) is 5.75 Å². The average Bonchev–Trinajstić information content (AvgIpc) is 2.97. The number of amides is 1. The fourth-order valence-corrected chi connectivity index (χ4v) is 3.05. The van der Waals surface area contributed by atoms with Crippen molar-refractivity contribution in [1.82, 2.24) is 14.6 Å². The number of nitro groups is 1. The average molecular weight is 474 g/mol. The smallest absolute Gasteiger partial charge is 0.433 e. The largest absolute Gasteiger partial charge is 0.494 e. The number of hydrogen-bond acceptors (Lipinski definition) is 6. The quantitative estimate of drug-likeness (QED) is 0.452. The molecule has 2 heterocycles. The fraction of sp³-hybridized carbons (Fsp3) is 0.188. The number of alkyl halides is 3. The van der Waals surface area contributed by atoms with Crippen LogP contribution in [-0.2, 0) is 6.18 Å². The Balaban J connectivity index is 2.05. The summed E-state index contributed by atoms with van der Waals surface area (Å²) in [5.74, 6) is -0.863. The van der Waals surface area contributed by atoms with Gasteiger partial charge in [-0.15, -0.1) is 0 Å². The molecule has 1 aromatic carbocycles. The van der Waals surface area contributed by atoms with Crippen LogP contribution in [0.5, 0.6) is 5.75 Å². The second kappa shape index (κ2) is 7.31. The van der Waals surface area contributed by atoms with E-state index in [0.29, 0.717) is 4.52 Å². The molecular formula is C16H11BrF3N5O4. The lowest BCUT2D eigenvalue weighted by molar-refractivity contribution is -0.384. The Morgan fingerprint density at radius 1 is 1.34 bits per heavy atom. The third-order valence-electron chi connectivity index (χ3n) is 3.81. The van der Waals surface area contributed by atoms with Crippen LogP contribution in [0.2, 0.25) is 0 Å². The number of benzene rings is 1. The Labute approximate surface area is 168 Å². The number of rotatable bonds is 4. The Kier molecular flexibility index (Phi) is 5.17. The molecule has 152 valence electrons. The summed E-state index contributed by atoms with van der Waals surface area (Å²) in [5.41, 5.74) is -1.72. The molecule has 0 spiro atoms. The molecule has 13 heteroatoms. The van der Waals surface area contributed by atoms with Gasteiger partial charge in [0.25, 0.3) is 11.6 Å². The van der Waals surface area contributed by atoms with Crippen molar-refractivity contribution < 1.29 is 27.6 Å². The number of aryl methyl sites for hydroxylation is 1. The number of non-ortho nitro benzene ring substituents is 1. The van der Waals surface area contributed by atoms with Gasteiger partial charge in [-0.1, -0.05) is 0 Å². The van der Waals surface area contributed by atoms with Gasteiger partial charge in [0.2, 0.25) is 0 Å². The number of hydrogen-bond donors (Lipinski definition) is 1. The van der Waals surface area contributed by atoms with E-state index < -0.39 is 22.7 Å². The number of fused-ring (bicyclic) bond motifs is 1. The predicted molar refractivity (Wildman–Crippen MR) is 98.0 cm³/mol. The number of aromatic nitrogens is 3. The first kappa shape index (κ1) is 20.5. The van der Waals surface area contributed by atoms with Crippen LogP contribution in [0.3, 0.4) is 0 Å². The number of ether oxygens (including phenoxy) is 1. The summed E-state index contributed by atoms with van der Waals surface area (Å²) >= 11 is 3.07. The third-order valence-corrected chi connectivity index (χ3v) is 4.54. The first-order valence-corrected chi connectivity index (χ1v) is 8.59. The van der Waals surface area contributed by atoms with E-state index in [9.17, 15) is 28.1 Å². The van der Waals surface area contributed by atoms with E-state index >= 15 is 0 Å². The van der Waals surface area contributed by atoms with Gasteiger partial charge in [0.15, 0.2) is 11.3 Å². The molecule has 0 aliphatic rings. The number of anilines is 1. The molecule has 0 radical (unpaired) electrons. The molecule has 0 saturated heterocycles. The van der Waals surface area contributed by atoms with Crippen molar-refractivity contribution in [2.24, 2.45) is 0 Å². The highest BCUT2D eigenvalue weighted by molar-refractivity contribution is 9.10. The Morgan fingerprint density at radius 3 is 2.62 bits per heavy atom. The van der Waals surface area contributed by atoms with Crippen LogP contribution in [0.25, 0.3) is 5.65 Å². The van der Waals surface area contributed by atoms with Crippen molar-refractivity contribution in [3.05, 3.63) is 55.9 Å². The van der Waals surface area contributed by atoms with E-state index in [4.69, 9.17) is 4.74 Å². The summed E-state index contributed by atoms with van der Waals surface area (Å²) in [6.45, 7) is 1.39. The van der Waals surface area contributed by atoms with Crippen LogP contribution >= 0.6 is 15.9 Å². The zero-order chi connectivity index (χ0) is 21.5. The van der Waals surface area contributed by atoms with Gasteiger partial charge in [-0.25, -0.2) is 9.50 Å². The van der Waals surface area contributed by atoms with Crippen LogP contribution < -0.4 is 10.1 Å². The number of carbonyl (C=O) groups is 1. The highest BCUT2D eigenvalue weighted by atomic mass is 79.9. The summed E-state index contributed by atoms with van der Waals surface area (Å²) in [5, 5.41) is 17.0. The lowest BCUT2D eigenvalue weighted by atomic mass is 10.2. The van der Waals surface area contributed by atoms with Gasteiger partial charge >= 0.3 is 6.18 Å².